The maximum absolute atomic E-state index is 11.6. The van der Waals surface area contributed by atoms with Gasteiger partial charge in [-0.25, -0.2) is 4.79 Å². The van der Waals surface area contributed by atoms with Crippen LogP contribution in [0.2, 0.25) is 0 Å². The third-order valence-corrected chi connectivity index (χ3v) is 2.47. The normalized spacial score (nSPS) is 10.3. The molecule has 5 heteroatoms. The Morgan fingerprint density at radius 2 is 1.84 bits per heavy atom. The number of amides is 1. The molecule has 0 aliphatic carbocycles. The molecule has 0 atom stereocenters. The lowest BCUT2D eigenvalue weighted by Crippen LogP contribution is -2.20. The second kappa shape index (κ2) is 7.53. The van der Waals surface area contributed by atoms with Crippen LogP contribution < -0.4 is 5.32 Å². The number of nitrogens with zero attached hydrogens (tertiary/aromatic N) is 1. The smallest absolute Gasteiger partial charge is 0.338 e. The fourth-order valence-electron chi connectivity index (χ4n) is 1.45. The van der Waals surface area contributed by atoms with Gasteiger partial charge in [-0.1, -0.05) is 0 Å². The van der Waals surface area contributed by atoms with E-state index in [-0.39, 0.29) is 11.9 Å². The summed E-state index contributed by atoms with van der Waals surface area (Å²) in [6.07, 6.45) is 0.437. The van der Waals surface area contributed by atoms with Crippen LogP contribution in [0.15, 0.2) is 24.3 Å². The van der Waals surface area contributed by atoms with Crippen molar-refractivity contribution < 1.29 is 14.3 Å². The summed E-state index contributed by atoms with van der Waals surface area (Å²) in [4.78, 5) is 25.0. The molecule has 5 nitrogen and oxygen atoms in total. The molecule has 0 saturated heterocycles. The van der Waals surface area contributed by atoms with Gasteiger partial charge in [-0.05, 0) is 45.3 Å². The molecule has 1 amide bonds. The van der Waals surface area contributed by atoms with Crippen LogP contribution in [0.1, 0.15) is 23.7 Å². The summed E-state index contributed by atoms with van der Waals surface area (Å²) in [5.74, 6) is -0.398. The summed E-state index contributed by atoms with van der Waals surface area (Å²) >= 11 is 0. The van der Waals surface area contributed by atoms with Crippen molar-refractivity contribution in [2.75, 3.05) is 32.6 Å². The van der Waals surface area contributed by atoms with Crippen molar-refractivity contribution in [2.24, 2.45) is 0 Å². The van der Waals surface area contributed by atoms with Gasteiger partial charge in [0.1, 0.15) is 0 Å². The third kappa shape index (κ3) is 5.52. The van der Waals surface area contributed by atoms with Gasteiger partial charge in [-0.2, -0.15) is 0 Å². The van der Waals surface area contributed by atoms with Crippen LogP contribution in [0.4, 0.5) is 5.69 Å². The zero-order valence-electron chi connectivity index (χ0n) is 11.6. The van der Waals surface area contributed by atoms with Gasteiger partial charge in [0.2, 0.25) is 5.91 Å². The number of carbonyl (C=O) groups excluding carboxylic acids is 2. The highest BCUT2D eigenvalue weighted by molar-refractivity contribution is 5.93. The summed E-state index contributed by atoms with van der Waals surface area (Å²) < 4.78 is 4.88. The van der Waals surface area contributed by atoms with E-state index < -0.39 is 0 Å². The topological polar surface area (TPSA) is 58.6 Å². The molecule has 0 aliphatic rings. The van der Waals surface area contributed by atoms with Crippen molar-refractivity contribution in [3.05, 3.63) is 29.8 Å². The van der Waals surface area contributed by atoms with E-state index >= 15 is 0 Å². The van der Waals surface area contributed by atoms with Crippen LogP contribution in [-0.2, 0) is 9.53 Å². The molecule has 0 spiro atoms. The molecule has 104 valence electrons. The molecule has 0 heterocycles. The Balaban J connectivity index is 2.52. The van der Waals surface area contributed by atoms with Crippen molar-refractivity contribution >= 4 is 17.6 Å². The molecule has 1 aromatic carbocycles. The van der Waals surface area contributed by atoms with Gasteiger partial charge in [-0.15, -0.1) is 0 Å². The van der Waals surface area contributed by atoms with Gasteiger partial charge in [0.05, 0.1) is 12.2 Å². The van der Waals surface area contributed by atoms with Crippen LogP contribution in [0.3, 0.4) is 0 Å². The molecular weight excluding hydrogens is 244 g/mol. The molecule has 0 bridgehead atoms. The third-order valence-electron chi connectivity index (χ3n) is 2.47. The monoisotopic (exact) mass is 264 g/mol. The van der Waals surface area contributed by atoms with Crippen LogP contribution in [-0.4, -0.2) is 44.0 Å². The van der Waals surface area contributed by atoms with Gasteiger partial charge in [0, 0.05) is 18.7 Å². The highest BCUT2D eigenvalue weighted by Crippen LogP contribution is 2.11. The number of benzene rings is 1. The van der Waals surface area contributed by atoms with E-state index in [0.717, 1.165) is 0 Å². The number of rotatable bonds is 6. The van der Waals surface area contributed by atoms with Gasteiger partial charge in [0.25, 0.3) is 0 Å². The Hall–Kier alpha value is -1.88. The van der Waals surface area contributed by atoms with E-state index in [0.29, 0.717) is 30.8 Å². The van der Waals surface area contributed by atoms with E-state index in [4.69, 9.17) is 4.74 Å². The van der Waals surface area contributed by atoms with Crippen molar-refractivity contribution in [3.8, 4) is 0 Å². The molecule has 0 aromatic heterocycles. The highest BCUT2D eigenvalue weighted by atomic mass is 16.5. The van der Waals surface area contributed by atoms with E-state index in [9.17, 15) is 9.59 Å². The molecule has 19 heavy (non-hydrogen) atoms. The summed E-state index contributed by atoms with van der Waals surface area (Å²) in [7, 11) is 3.84. The first-order chi connectivity index (χ1) is 9.02. The van der Waals surface area contributed by atoms with E-state index in [1.807, 2.05) is 19.0 Å². The average molecular weight is 264 g/mol. The molecule has 1 rings (SSSR count). The van der Waals surface area contributed by atoms with Crippen molar-refractivity contribution in [3.63, 3.8) is 0 Å². The Morgan fingerprint density at radius 3 is 2.37 bits per heavy atom. The Morgan fingerprint density at radius 1 is 1.21 bits per heavy atom. The minimum atomic E-state index is -0.354. The summed E-state index contributed by atoms with van der Waals surface area (Å²) in [5, 5.41) is 2.78. The van der Waals surface area contributed by atoms with Gasteiger partial charge in [-0.3, -0.25) is 4.79 Å². The Kier molecular flexibility index (Phi) is 6.02. The van der Waals surface area contributed by atoms with Gasteiger partial charge in [0.15, 0.2) is 0 Å². The first kappa shape index (κ1) is 15.2. The van der Waals surface area contributed by atoms with Crippen molar-refractivity contribution in [1.29, 1.82) is 0 Å². The predicted molar refractivity (Wildman–Crippen MR) is 74.2 cm³/mol. The van der Waals surface area contributed by atoms with Crippen LogP contribution in [0.25, 0.3) is 0 Å². The van der Waals surface area contributed by atoms with E-state index in [1.165, 1.54) is 0 Å². The summed E-state index contributed by atoms with van der Waals surface area (Å²) in [6, 6.07) is 6.67. The first-order valence-electron chi connectivity index (χ1n) is 6.24. The van der Waals surface area contributed by atoms with Crippen molar-refractivity contribution in [1.82, 2.24) is 4.90 Å². The van der Waals surface area contributed by atoms with Crippen LogP contribution in [0, 0.1) is 0 Å². The quantitative estimate of drug-likeness (QED) is 0.795. The molecule has 0 aliphatic heterocycles. The van der Waals surface area contributed by atoms with E-state index in [2.05, 4.69) is 5.32 Å². The zero-order valence-corrected chi connectivity index (χ0v) is 11.6. The molecule has 1 N–H and O–H groups in total. The number of hydrogen-bond donors (Lipinski definition) is 1. The SMILES string of the molecule is CCOC(=O)c1ccc(NC(=O)CCN(C)C)cc1. The van der Waals surface area contributed by atoms with Gasteiger partial charge < -0.3 is 15.0 Å². The van der Waals surface area contributed by atoms with Crippen LogP contribution in [0.5, 0.6) is 0 Å². The Labute approximate surface area is 113 Å². The summed E-state index contributed by atoms with van der Waals surface area (Å²) in [6.45, 7) is 2.81. The van der Waals surface area contributed by atoms with Crippen molar-refractivity contribution in [2.45, 2.75) is 13.3 Å². The minimum Gasteiger partial charge on any atom is -0.462 e. The maximum Gasteiger partial charge on any atom is 0.338 e. The van der Waals surface area contributed by atoms with Crippen LogP contribution >= 0.6 is 0 Å². The largest absolute Gasteiger partial charge is 0.462 e. The lowest BCUT2D eigenvalue weighted by molar-refractivity contribution is -0.116. The zero-order chi connectivity index (χ0) is 14.3. The standard InChI is InChI=1S/C14H20N2O3/c1-4-19-14(18)11-5-7-12(8-6-11)15-13(17)9-10-16(2)3/h5-8H,4,9-10H2,1-3H3,(H,15,17). The molecule has 1 aromatic rings. The predicted octanol–water partition coefficient (Wildman–Crippen LogP) is 1.75. The molecule has 0 unspecified atom stereocenters. The average Bonchev–Trinajstić information content (AvgIpc) is 2.37. The minimum absolute atomic E-state index is 0.0439. The van der Waals surface area contributed by atoms with E-state index in [1.54, 1.807) is 31.2 Å². The Bertz CT molecular complexity index is 427. The lowest BCUT2D eigenvalue weighted by Gasteiger charge is -2.10. The molecule has 0 radical (unpaired) electrons. The molecule has 0 fully saturated rings. The fraction of sp³-hybridized carbons (Fsp3) is 0.429. The lowest BCUT2D eigenvalue weighted by atomic mass is 10.2. The highest BCUT2D eigenvalue weighted by Gasteiger charge is 2.07. The number of carbonyl (C=O) groups is 2. The number of hydrogen-bond acceptors (Lipinski definition) is 4. The molecular formula is C14H20N2O3. The number of ether oxygens (including phenoxy) is 1. The molecule has 0 saturated carbocycles. The number of anilines is 1. The summed E-state index contributed by atoms with van der Waals surface area (Å²) in [5.41, 5.74) is 1.16. The number of nitrogens with one attached hydrogen (secondary N) is 1. The maximum atomic E-state index is 11.6. The fourth-order valence-corrected chi connectivity index (χ4v) is 1.45. The number of esters is 1. The first-order valence-corrected chi connectivity index (χ1v) is 6.24. The second-order valence-corrected chi connectivity index (χ2v) is 4.40. The second-order valence-electron chi connectivity index (χ2n) is 4.40. The van der Waals surface area contributed by atoms with Gasteiger partial charge >= 0.3 is 5.97 Å².